The first-order chi connectivity index (χ1) is 9.90. The Morgan fingerprint density at radius 1 is 1.33 bits per heavy atom. The van der Waals surface area contributed by atoms with E-state index in [4.69, 9.17) is 15.3 Å². The van der Waals surface area contributed by atoms with Gasteiger partial charge in [-0.15, -0.1) is 0 Å². The second-order valence-electron chi connectivity index (χ2n) is 4.81. The highest BCUT2D eigenvalue weighted by Crippen LogP contribution is 2.38. The number of sulfone groups is 1. The third-order valence-electron chi connectivity index (χ3n) is 3.70. The summed E-state index contributed by atoms with van der Waals surface area (Å²) >= 11 is 0. The van der Waals surface area contributed by atoms with Crippen molar-refractivity contribution in [3.63, 3.8) is 0 Å². The summed E-state index contributed by atoms with van der Waals surface area (Å²) in [5, 5.41) is 0.995. The maximum Gasteiger partial charge on any atom is 0.343 e. The van der Waals surface area contributed by atoms with Gasteiger partial charge in [-0.25, -0.2) is 18.2 Å². The summed E-state index contributed by atoms with van der Waals surface area (Å²) in [6, 6.07) is 7.71. The SMILES string of the molecule is COC(=O)[C@]1(S(=O)(=O)c2ccccc2)C[C@H](OC)CN1N. The number of benzene rings is 1. The zero-order valence-electron chi connectivity index (χ0n) is 11.9. The molecule has 0 radical (unpaired) electrons. The Labute approximate surface area is 123 Å². The first kappa shape index (κ1) is 15.9. The van der Waals surface area contributed by atoms with Crippen LogP contribution >= 0.6 is 0 Å². The largest absolute Gasteiger partial charge is 0.467 e. The molecule has 0 saturated carbocycles. The lowest BCUT2D eigenvalue weighted by molar-refractivity contribution is -0.148. The molecule has 1 aromatic carbocycles. The molecule has 7 nitrogen and oxygen atoms in total. The second kappa shape index (κ2) is 5.72. The molecule has 0 aromatic heterocycles. The lowest BCUT2D eigenvalue weighted by Crippen LogP contribution is -2.59. The molecule has 0 spiro atoms. The quantitative estimate of drug-likeness (QED) is 0.613. The number of nitrogens with two attached hydrogens (primary N) is 1. The fourth-order valence-electron chi connectivity index (χ4n) is 2.54. The minimum absolute atomic E-state index is 0.0163. The van der Waals surface area contributed by atoms with Gasteiger partial charge in [0.2, 0.25) is 14.7 Å². The van der Waals surface area contributed by atoms with E-state index < -0.39 is 26.8 Å². The molecule has 1 heterocycles. The van der Waals surface area contributed by atoms with Crippen LogP contribution in [0.4, 0.5) is 0 Å². The van der Waals surface area contributed by atoms with Gasteiger partial charge in [-0.1, -0.05) is 18.2 Å². The van der Waals surface area contributed by atoms with E-state index >= 15 is 0 Å². The smallest absolute Gasteiger partial charge is 0.343 e. The summed E-state index contributed by atoms with van der Waals surface area (Å²) in [6.07, 6.45) is -0.545. The Kier molecular flexibility index (Phi) is 4.33. The number of esters is 1. The summed E-state index contributed by atoms with van der Waals surface area (Å²) in [6.45, 7) is 0.123. The highest BCUT2D eigenvalue weighted by molar-refractivity contribution is 7.93. The third-order valence-corrected chi connectivity index (χ3v) is 6.05. The van der Waals surface area contributed by atoms with Crippen LogP contribution in [0, 0.1) is 0 Å². The van der Waals surface area contributed by atoms with Gasteiger partial charge in [-0.3, -0.25) is 5.84 Å². The van der Waals surface area contributed by atoms with Crippen LogP contribution in [0.25, 0.3) is 0 Å². The van der Waals surface area contributed by atoms with Gasteiger partial charge in [0.15, 0.2) is 0 Å². The molecule has 1 fully saturated rings. The van der Waals surface area contributed by atoms with Crippen molar-refractivity contribution in [1.82, 2.24) is 5.01 Å². The molecular formula is C13H18N2O5S. The average Bonchev–Trinajstić information content (AvgIpc) is 2.85. The van der Waals surface area contributed by atoms with Gasteiger partial charge in [-0.2, -0.15) is 0 Å². The van der Waals surface area contributed by atoms with Crippen molar-refractivity contribution < 1.29 is 22.7 Å². The van der Waals surface area contributed by atoms with Gasteiger partial charge in [-0.05, 0) is 12.1 Å². The monoisotopic (exact) mass is 314 g/mol. The van der Waals surface area contributed by atoms with Gasteiger partial charge in [0.1, 0.15) is 0 Å². The van der Waals surface area contributed by atoms with Crippen LogP contribution in [0.1, 0.15) is 6.42 Å². The van der Waals surface area contributed by atoms with Crippen molar-refractivity contribution in [3.8, 4) is 0 Å². The zero-order valence-corrected chi connectivity index (χ0v) is 12.7. The molecular weight excluding hydrogens is 296 g/mol. The van der Waals surface area contributed by atoms with Crippen LogP contribution < -0.4 is 5.84 Å². The van der Waals surface area contributed by atoms with Crippen LogP contribution in [0.5, 0.6) is 0 Å². The van der Waals surface area contributed by atoms with Gasteiger partial charge in [0.25, 0.3) is 0 Å². The molecule has 2 rings (SSSR count). The van der Waals surface area contributed by atoms with Crippen molar-refractivity contribution in [1.29, 1.82) is 0 Å². The highest BCUT2D eigenvalue weighted by atomic mass is 32.2. The van der Waals surface area contributed by atoms with Gasteiger partial charge in [0, 0.05) is 20.1 Å². The number of rotatable bonds is 4. The average molecular weight is 314 g/mol. The Hall–Kier alpha value is -1.48. The normalized spacial score (nSPS) is 26.7. The van der Waals surface area contributed by atoms with Crippen LogP contribution in [-0.2, 0) is 24.1 Å². The summed E-state index contributed by atoms with van der Waals surface area (Å²) in [5.41, 5.74) is 0. The zero-order chi connectivity index (χ0) is 15.7. The fraction of sp³-hybridized carbons (Fsp3) is 0.462. The maximum absolute atomic E-state index is 13.0. The summed E-state index contributed by atoms with van der Waals surface area (Å²) in [5.74, 6) is 4.94. The van der Waals surface area contributed by atoms with Crippen molar-refractivity contribution in [2.75, 3.05) is 20.8 Å². The fourth-order valence-corrected chi connectivity index (χ4v) is 4.54. The lowest BCUT2D eigenvalue weighted by Gasteiger charge is -2.31. The number of carbonyl (C=O) groups is 1. The Morgan fingerprint density at radius 2 is 1.95 bits per heavy atom. The van der Waals surface area contributed by atoms with E-state index in [0.717, 1.165) is 12.1 Å². The molecule has 1 aliphatic rings. The van der Waals surface area contributed by atoms with Crippen LogP contribution in [0.15, 0.2) is 35.2 Å². The summed E-state index contributed by atoms with van der Waals surface area (Å²) in [7, 11) is -1.47. The molecule has 0 unspecified atom stereocenters. The van der Waals surface area contributed by atoms with E-state index in [-0.39, 0.29) is 17.9 Å². The number of hydrogen-bond donors (Lipinski definition) is 1. The number of methoxy groups -OCH3 is 2. The molecule has 21 heavy (non-hydrogen) atoms. The first-order valence-electron chi connectivity index (χ1n) is 6.33. The van der Waals surface area contributed by atoms with Crippen LogP contribution in [-0.4, -0.2) is 51.1 Å². The van der Waals surface area contributed by atoms with Crippen molar-refractivity contribution in [2.45, 2.75) is 22.3 Å². The lowest BCUT2D eigenvalue weighted by atomic mass is 10.2. The number of hydrazine groups is 1. The second-order valence-corrected chi connectivity index (χ2v) is 6.96. The first-order valence-corrected chi connectivity index (χ1v) is 7.81. The molecule has 2 atom stereocenters. The Morgan fingerprint density at radius 3 is 2.43 bits per heavy atom. The van der Waals surface area contributed by atoms with Gasteiger partial charge in [0.05, 0.1) is 18.1 Å². The molecule has 0 bridgehead atoms. The predicted molar refractivity (Wildman–Crippen MR) is 74.7 cm³/mol. The summed E-state index contributed by atoms with van der Waals surface area (Å²) in [4.78, 5) is 10.3. The molecule has 116 valence electrons. The molecule has 0 aliphatic carbocycles. The minimum atomic E-state index is -4.06. The predicted octanol–water partition coefficient (Wildman–Crippen LogP) is -0.0760. The molecule has 8 heteroatoms. The van der Waals surface area contributed by atoms with E-state index in [0.29, 0.717) is 0 Å². The number of hydrogen-bond acceptors (Lipinski definition) is 7. The maximum atomic E-state index is 13.0. The third kappa shape index (κ3) is 2.34. The number of ether oxygens (including phenoxy) is 2. The van der Waals surface area contributed by atoms with Gasteiger partial charge >= 0.3 is 5.97 Å². The number of nitrogens with zero attached hydrogens (tertiary/aromatic N) is 1. The topological polar surface area (TPSA) is 98.9 Å². The molecule has 1 aliphatic heterocycles. The van der Waals surface area contributed by atoms with E-state index in [1.54, 1.807) is 18.2 Å². The van der Waals surface area contributed by atoms with E-state index in [2.05, 4.69) is 0 Å². The standard InChI is InChI=1S/C13H18N2O5S/c1-19-10-8-13(12(16)20-2,15(14)9-10)21(17,18)11-6-4-3-5-7-11/h3-7,10H,8-9,14H2,1-2H3/t10-,13+/m0/s1. The molecule has 0 amide bonds. The van der Waals surface area contributed by atoms with Gasteiger partial charge < -0.3 is 9.47 Å². The van der Waals surface area contributed by atoms with Crippen molar-refractivity contribution in [2.24, 2.45) is 5.84 Å². The summed E-state index contributed by atoms with van der Waals surface area (Å²) < 4.78 is 35.8. The Bertz CT molecular complexity index is 619. The molecule has 1 aromatic rings. The van der Waals surface area contributed by atoms with E-state index in [9.17, 15) is 13.2 Å². The highest BCUT2D eigenvalue weighted by Gasteiger charge is 2.61. The van der Waals surface area contributed by atoms with Crippen molar-refractivity contribution >= 4 is 15.8 Å². The van der Waals surface area contributed by atoms with Crippen LogP contribution in [0.3, 0.4) is 0 Å². The van der Waals surface area contributed by atoms with E-state index in [1.165, 1.54) is 19.2 Å². The minimum Gasteiger partial charge on any atom is -0.467 e. The molecule has 1 saturated heterocycles. The Balaban J connectivity index is 2.60. The van der Waals surface area contributed by atoms with Crippen LogP contribution in [0.2, 0.25) is 0 Å². The molecule has 2 N–H and O–H groups in total. The number of carbonyl (C=O) groups excluding carboxylic acids is 1. The van der Waals surface area contributed by atoms with E-state index in [1.807, 2.05) is 0 Å². The van der Waals surface area contributed by atoms with Crippen molar-refractivity contribution in [3.05, 3.63) is 30.3 Å².